The first-order chi connectivity index (χ1) is 8.86. The number of carbonyl (C=O) groups is 1. The Hall–Kier alpha value is -2.10. The highest BCUT2D eigenvalue weighted by Crippen LogP contribution is 2.24. The van der Waals surface area contributed by atoms with E-state index in [1.165, 1.54) is 0 Å². The predicted molar refractivity (Wildman–Crippen MR) is 69.2 cm³/mol. The summed E-state index contributed by atoms with van der Waals surface area (Å²) in [6.45, 7) is 1.75. The predicted octanol–water partition coefficient (Wildman–Crippen LogP) is 2.31. The van der Waals surface area contributed by atoms with E-state index in [-0.39, 0.29) is 5.91 Å². The summed E-state index contributed by atoms with van der Waals surface area (Å²) in [5.74, 6) is 0.129. The van der Waals surface area contributed by atoms with Crippen molar-refractivity contribution >= 4 is 5.91 Å². The third-order valence-corrected chi connectivity index (χ3v) is 3.36. The van der Waals surface area contributed by atoms with Crippen LogP contribution in [0.3, 0.4) is 0 Å². The zero-order valence-corrected chi connectivity index (χ0v) is 10.1. The number of hydrogen-bond donors (Lipinski definition) is 1. The standard InChI is InChI=1S/C14H15N3O/c18-14(17-7-3-4-8-17)13-6-2-1-5-12(13)11-9-15-16-10-11/h1-2,5-6,9-10H,3-4,7-8H2,(H,15,16). The molecule has 0 bridgehead atoms. The number of nitrogens with one attached hydrogen (secondary N) is 1. The van der Waals surface area contributed by atoms with Crippen molar-refractivity contribution in [1.29, 1.82) is 0 Å². The van der Waals surface area contributed by atoms with Crippen LogP contribution in [0.25, 0.3) is 11.1 Å². The molecule has 1 fully saturated rings. The lowest BCUT2D eigenvalue weighted by Gasteiger charge is -2.17. The van der Waals surface area contributed by atoms with Gasteiger partial charge in [-0.3, -0.25) is 9.89 Å². The van der Waals surface area contributed by atoms with E-state index in [1.807, 2.05) is 35.4 Å². The Morgan fingerprint density at radius 3 is 2.72 bits per heavy atom. The molecule has 1 N–H and O–H groups in total. The molecule has 4 nitrogen and oxygen atoms in total. The summed E-state index contributed by atoms with van der Waals surface area (Å²) in [5.41, 5.74) is 2.67. The number of carbonyl (C=O) groups excluding carboxylic acids is 1. The fraction of sp³-hybridized carbons (Fsp3) is 0.286. The number of benzene rings is 1. The van der Waals surface area contributed by atoms with Crippen molar-refractivity contribution in [2.45, 2.75) is 12.8 Å². The van der Waals surface area contributed by atoms with Crippen molar-refractivity contribution in [3.8, 4) is 11.1 Å². The number of aromatic amines is 1. The number of nitrogens with zero attached hydrogens (tertiary/aromatic N) is 2. The van der Waals surface area contributed by atoms with E-state index in [4.69, 9.17) is 0 Å². The van der Waals surface area contributed by atoms with Crippen LogP contribution in [0.2, 0.25) is 0 Å². The molecule has 1 aromatic heterocycles. The maximum Gasteiger partial charge on any atom is 0.254 e. The number of rotatable bonds is 2. The van der Waals surface area contributed by atoms with Gasteiger partial charge < -0.3 is 4.90 Å². The highest BCUT2D eigenvalue weighted by atomic mass is 16.2. The van der Waals surface area contributed by atoms with Crippen LogP contribution in [0.5, 0.6) is 0 Å². The molecule has 2 aromatic rings. The van der Waals surface area contributed by atoms with Gasteiger partial charge in [0.15, 0.2) is 0 Å². The van der Waals surface area contributed by atoms with Gasteiger partial charge in [-0.15, -0.1) is 0 Å². The minimum atomic E-state index is 0.129. The molecule has 92 valence electrons. The molecule has 0 unspecified atom stereocenters. The van der Waals surface area contributed by atoms with Crippen LogP contribution < -0.4 is 0 Å². The first-order valence-corrected chi connectivity index (χ1v) is 6.24. The lowest BCUT2D eigenvalue weighted by molar-refractivity contribution is 0.0793. The van der Waals surface area contributed by atoms with Crippen LogP contribution >= 0.6 is 0 Å². The van der Waals surface area contributed by atoms with Crippen LogP contribution in [0.15, 0.2) is 36.7 Å². The second-order valence-corrected chi connectivity index (χ2v) is 4.53. The maximum atomic E-state index is 12.5. The molecule has 0 spiro atoms. The van der Waals surface area contributed by atoms with Gasteiger partial charge in [-0.2, -0.15) is 5.10 Å². The number of H-pyrrole nitrogens is 1. The molecule has 0 atom stereocenters. The maximum absolute atomic E-state index is 12.5. The van der Waals surface area contributed by atoms with E-state index in [0.29, 0.717) is 0 Å². The quantitative estimate of drug-likeness (QED) is 0.877. The highest BCUT2D eigenvalue weighted by molar-refractivity contribution is 6.00. The number of aromatic nitrogens is 2. The summed E-state index contributed by atoms with van der Waals surface area (Å²) in [6, 6.07) is 7.72. The summed E-state index contributed by atoms with van der Waals surface area (Å²) >= 11 is 0. The van der Waals surface area contributed by atoms with E-state index in [0.717, 1.165) is 42.6 Å². The van der Waals surface area contributed by atoms with Crippen molar-refractivity contribution in [3.05, 3.63) is 42.2 Å². The molecule has 1 amide bonds. The van der Waals surface area contributed by atoms with Gasteiger partial charge >= 0.3 is 0 Å². The van der Waals surface area contributed by atoms with Crippen molar-refractivity contribution in [2.75, 3.05) is 13.1 Å². The van der Waals surface area contributed by atoms with Crippen LogP contribution in [0.4, 0.5) is 0 Å². The molecule has 3 rings (SSSR count). The normalized spacial score (nSPS) is 15.0. The van der Waals surface area contributed by atoms with Crippen molar-refractivity contribution in [1.82, 2.24) is 15.1 Å². The zero-order valence-electron chi connectivity index (χ0n) is 10.1. The van der Waals surface area contributed by atoms with Crippen molar-refractivity contribution in [3.63, 3.8) is 0 Å². The van der Waals surface area contributed by atoms with Gasteiger partial charge in [0, 0.05) is 30.4 Å². The molecule has 1 aromatic carbocycles. The van der Waals surface area contributed by atoms with E-state index >= 15 is 0 Å². The van der Waals surface area contributed by atoms with Crippen LogP contribution in [0, 0.1) is 0 Å². The zero-order chi connectivity index (χ0) is 12.4. The van der Waals surface area contributed by atoms with Gasteiger partial charge in [0.2, 0.25) is 0 Å². The summed E-state index contributed by atoms with van der Waals surface area (Å²) in [4.78, 5) is 14.4. The molecule has 2 heterocycles. The molecule has 0 saturated carbocycles. The summed E-state index contributed by atoms with van der Waals surface area (Å²) in [7, 11) is 0. The number of likely N-dealkylation sites (tertiary alicyclic amines) is 1. The average Bonchev–Trinajstić information content (AvgIpc) is 3.11. The van der Waals surface area contributed by atoms with Crippen LogP contribution in [-0.2, 0) is 0 Å². The van der Waals surface area contributed by atoms with E-state index in [2.05, 4.69) is 10.2 Å². The summed E-state index contributed by atoms with van der Waals surface area (Å²) in [5, 5.41) is 6.74. The third kappa shape index (κ3) is 1.90. The minimum absolute atomic E-state index is 0.129. The van der Waals surface area contributed by atoms with E-state index in [1.54, 1.807) is 6.20 Å². The second kappa shape index (κ2) is 4.64. The van der Waals surface area contributed by atoms with Gasteiger partial charge in [0.05, 0.1) is 6.20 Å². The molecule has 18 heavy (non-hydrogen) atoms. The lowest BCUT2D eigenvalue weighted by Crippen LogP contribution is -2.28. The average molecular weight is 241 g/mol. The molecule has 4 heteroatoms. The Morgan fingerprint density at radius 2 is 2.00 bits per heavy atom. The highest BCUT2D eigenvalue weighted by Gasteiger charge is 2.22. The van der Waals surface area contributed by atoms with Crippen LogP contribution in [0.1, 0.15) is 23.2 Å². The molecule has 1 aliphatic heterocycles. The molecular formula is C14H15N3O. The lowest BCUT2D eigenvalue weighted by atomic mass is 10.0. The SMILES string of the molecule is O=C(c1ccccc1-c1cn[nH]c1)N1CCCC1. The number of amides is 1. The van der Waals surface area contributed by atoms with Crippen molar-refractivity contribution < 1.29 is 4.79 Å². The third-order valence-electron chi connectivity index (χ3n) is 3.36. The molecule has 1 aliphatic rings. The Kier molecular flexibility index (Phi) is 2.84. The smallest absolute Gasteiger partial charge is 0.254 e. The van der Waals surface area contributed by atoms with Gasteiger partial charge in [0.1, 0.15) is 0 Å². The molecule has 0 radical (unpaired) electrons. The fourth-order valence-corrected chi connectivity index (χ4v) is 2.41. The van der Waals surface area contributed by atoms with Crippen molar-refractivity contribution in [2.24, 2.45) is 0 Å². The Morgan fingerprint density at radius 1 is 1.22 bits per heavy atom. The molecule has 1 saturated heterocycles. The van der Waals surface area contributed by atoms with Crippen LogP contribution in [-0.4, -0.2) is 34.1 Å². The molecule has 0 aliphatic carbocycles. The Bertz CT molecular complexity index is 542. The minimum Gasteiger partial charge on any atom is -0.339 e. The van der Waals surface area contributed by atoms with Gasteiger partial charge in [-0.1, -0.05) is 18.2 Å². The van der Waals surface area contributed by atoms with Gasteiger partial charge in [0.25, 0.3) is 5.91 Å². The van der Waals surface area contributed by atoms with E-state index in [9.17, 15) is 4.79 Å². The topological polar surface area (TPSA) is 49.0 Å². The summed E-state index contributed by atoms with van der Waals surface area (Å²) in [6.07, 6.45) is 5.78. The van der Waals surface area contributed by atoms with Gasteiger partial charge in [-0.05, 0) is 24.5 Å². The van der Waals surface area contributed by atoms with E-state index < -0.39 is 0 Å². The largest absolute Gasteiger partial charge is 0.339 e. The first-order valence-electron chi connectivity index (χ1n) is 6.24. The first kappa shape index (κ1) is 11.0. The monoisotopic (exact) mass is 241 g/mol. The van der Waals surface area contributed by atoms with Gasteiger partial charge in [-0.25, -0.2) is 0 Å². The Labute approximate surface area is 106 Å². The fourth-order valence-electron chi connectivity index (χ4n) is 2.41. The second-order valence-electron chi connectivity index (χ2n) is 4.53. The molecular weight excluding hydrogens is 226 g/mol. The number of hydrogen-bond acceptors (Lipinski definition) is 2. The summed E-state index contributed by atoms with van der Waals surface area (Å²) < 4.78 is 0. The Balaban J connectivity index is 1.99.